The monoisotopic (exact) mass is 444 g/mol. The van der Waals surface area contributed by atoms with Crippen molar-refractivity contribution in [1.82, 2.24) is 10.1 Å². The average Bonchev–Trinajstić information content (AvgIpc) is 3.14. The highest BCUT2D eigenvalue weighted by Crippen LogP contribution is 2.32. The van der Waals surface area contributed by atoms with E-state index in [2.05, 4.69) is 43.5 Å². The van der Waals surface area contributed by atoms with Gasteiger partial charge in [0.05, 0.1) is 0 Å². The van der Waals surface area contributed by atoms with E-state index in [1.807, 2.05) is 25.1 Å². The summed E-state index contributed by atoms with van der Waals surface area (Å²) in [6.45, 7) is 13.5. The molecule has 1 aromatic carbocycles. The van der Waals surface area contributed by atoms with Crippen LogP contribution in [0, 0.1) is 6.92 Å². The highest BCUT2D eigenvalue weighted by Gasteiger charge is 2.22. The van der Waals surface area contributed by atoms with Crippen molar-refractivity contribution in [1.29, 1.82) is 0 Å². The van der Waals surface area contributed by atoms with Gasteiger partial charge in [0.2, 0.25) is 5.91 Å². The summed E-state index contributed by atoms with van der Waals surface area (Å²) in [6.07, 6.45) is 0.625. The van der Waals surface area contributed by atoms with E-state index in [0.29, 0.717) is 37.8 Å². The number of hydrogen-bond acceptors (Lipinski definition) is 5. The second-order valence-electron chi connectivity index (χ2n) is 8.39. The Bertz CT molecular complexity index is 866. The lowest BCUT2D eigenvalue weighted by Gasteiger charge is -2.26. The van der Waals surface area contributed by atoms with Crippen LogP contribution in [-0.2, 0) is 9.53 Å². The predicted octanol–water partition coefficient (Wildman–Crippen LogP) is 5.13. The molecule has 0 unspecified atom stereocenters. The van der Waals surface area contributed by atoms with Gasteiger partial charge in [-0.15, -0.1) is 0 Å². The zero-order valence-corrected chi connectivity index (χ0v) is 20.0. The standard InChI is InChI=1S/C24H36N4O4/c1-7-31-13-9-12-28(15-22(29)25-21-14-18(6)32-27-21)24(30)26-23-19(16(2)3)10-8-11-20(23)17(4)5/h8,10-11,14,16-17H,7,9,12-13,15H2,1-6H3,(H,26,30)(H,25,27,29). The third kappa shape index (κ3) is 7.37. The molecular weight excluding hydrogens is 408 g/mol. The van der Waals surface area contributed by atoms with Crippen LogP contribution in [0.2, 0.25) is 0 Å². The highest BCUT2D eigenvalue weighted by molar-refractivity contribution is 5.97. The zero-order valence-electron chi connectivity index (χ0n) is 20.0. The summed E-state index contributed by atoms with van der Waals surface area (Å²) in [5.41, 5.74) is 2.97. The number of para-hydroxylation sites is 1. The van der Waals surface area contributed by atoms with Crippen LogP contribution in [0.5, 0.6) is 0 Å². The van der Waals surface area contributed by atoms with Gasteiger partial charge in [-0.25, -0.2) is 4.79 Å². The number of aryl methyl sites for hydroxylation is 1. The Kier molecular flexibility index (Phi) is 9.71. The van der Waals surface area contributed by atoms with E-state index in [1.165, 1.54) is 4.90 Å². The minimum atomic E-state index is -0.342. The molecule has 176 valence electrons. The van der Waals surface area contributed by atoms with E-state index in [1.54, 1.807) is 13.0 Å². The molecule has 0 saturated heterocycles. The van der Waals surface area contributed by atoms with Crippen LogP contribution >= 0.6 is 0 Å². The molecule has 2 rings (SSSR count). The van der Waals surface area contributed by atoms with Gasteiger partial charge < -0.3 is 24.8 Å². The van der Waals surface area contributed by atoms with E-state index in [9.17, 15) is 9.59 Å². The first kappa shape index (κ1) is 25.4. The first-order chi connectivity index (χ1) is 15.2. The molecule has 1 heterocycles. The van der Waals surface area contributed by atoms with Crippen molar-refractivity contribution in [3.63, 3.8) is 0 Å². The molecule has 8 heteroatoms. The van der Waals surface area contributed by atoms with Crippen molar-refractivity contribution < 1.29 is 18.8 Å². The SMILES string of the molecule is CCOCCCN(CC(=O)Nc1cc(C)on1)C(=O)Nc1c(C(C)C)cccc1C(C)C. The number of urea groups is 1. The molecule has 0 atom stereocenters. The maximum Gasteiger partial charge on any atom is 0.322 e. The molecule has 0 radical (unpaired) electrons. The lowest BCUT2D eigenvalue weighted by molar-refractivity contribution is -0.116. The molecule has 0 aliphatic rings. The normalized spacial score (nSPS) is 11.1. The summed E-state index contributed by atoms with van der Waals surface area (Å²) in [5, 5.41) is 9.54. The van der Waals surface area contributed by atoms with Crippen LogP contribution in [0.25, 0.3) is 0 Å². The second kappa shape index (κ2) is 12.2. The van der Waals surface area contributed by atoms with Crippen molar-refractivity contribution in [2.45, 2.75) is 59.8 Å². The lowest BCUT2D eigenvalue weighted by Crippen LogP contribution is -2.41. The van der Waals surface area contributed by atoms with Crippen LogP contribution in [0.4, 0.5) is 16.3 Å². The van der Waals surface area contributed by atoms with Crippen molar-refractivity contribution in [2.75, 3.05) is 36.9 Å². The summed E-state index contributed by atoms with van der Waals surface area (Å²) in [4.78, 5) is 27.4. The number of carbonyl (C=O) groups is 2. The van der Waals surface area contributed by atoms with Crippen molar-refractivity contribution in [3.05, 3.63) is 41.2 Å². The fourth-order valence-electron chi connectivity index (χ4n) is 3.42. The second-order valence-corrected chi connectivity index (χ2v) is 8.39. The Morgan fingerprint density at radius 1 is 1.12 bits per heavy atom. The third-order valence-electron chi connectivity index (χ3n) is 5.04. The maximum atomic E-state index is 13.3. The Balaban J connectivity index is 2.19. The summed E-state index contributed by atoms with van der Waals surface area (Å²) in [7, 11) is 0. The number of ether oxygens (including phenoxy) is 1. The Labute approximate surface area is 190 Å². The maximum absolute atomic E-state index is 13.3. The third-order valence-corrected chi connectivity index (χ3v) is 5.04. The van der Waals surface area contributed by atoms with Gasteiger partial charge in [-0.1, -0.05) is 51.1 Å². The van der Waals surface area contributed by atoms with E-state index < -0.39 is 0 Å². The molecule has 2 aromatic rings. The molecule has 1 aromatic heterocycles. The summed E-state index contributed by atoms with van der Waals surface area (Å²) in [5.74, 6) is 1.07. The van der Waals surface area contributed by atoms with Crippen LogP contribution in [0.3, 0.4) is 0 Å². The van der Waals surface area contributed by atoms with Gasteiger partial charge in [-0.3, -0.25) is 4.79 Å². The number of carbonyl (C=O) groups excluding carboxylic acids is 2. The van der Waals surface area contributed by atoms with Crippen molar-refractivity contribution >= 4 is 23.4 Å². The van der Waals surface area contributed by atoms with Crippen LogP contribution in [0.15, 0.2) is 28.8 Å². The Hall–Kier alpha value is -2.87. The van der Waals surface area contributed by atoms with E-state index in [4.69, 9.17) is 9.26 Å². The summed E-state index contributed by atoms with van der Waals surface area (Å²) in [6, 6.07) is 7.40. The number of rotatable bonds is 11. The first-order valence-electron chi connectivity index (χ1n) is 11.2. The van der Waals surface area contributed by atoms with E-state index in [0.717, 1.165) is 16.8 Å². The largest absolute Gasteiger partial charge is 0.382 e. The molecule has 32 heavy (non-hydrogen) atoms. The quantitative estimate of drug-likeness (QED) is 0.468. The topological polar surface area (TPSA) is 96.7 Å². The lowest BCUT2D eigenvalue weighted by atomic mass is 9.93. The molecule has 3 amide bonds. The Morgan fingerprint density at radius 3 is 2.31 bits per heavy atom. The predicted molar refractivity (Wildman–Crippen MR) is 126 cm³/mol. The first-order valence-corrected chi connectivity index (χ1v) is 11.2. The van der Waals surface area contributed by atoms with Crippen molar-refractivity contribution in [3.8, 4) is 0 Å². The minimum absolute atomic E-state index is 0.106. The highest BCUT2D eigenvalue weighted by atomic mass is 16.5. The Morgan fingerprint density at radius 2 is 1.78 bits per heavy atom. The number of hydrogen-bond donors (Lipinski definition) is 2. The van der Waals surface area contributed by atoms with Gasteiger partial charge in [0.1, 0.15) is 12.3 Å². The molecular formula is C24H36N4O4. The zero-order chi connectivity index (χ0) is 23.7. The number of nitrogens with one attached hydrogen (secondary N) is 2. The minimum Gasteiger partial charge on any atom is -0.382 e. The average molecular weight is 445 g/mol. The molecule has 0 spiro atoms. The number of anilines is 2. The number of amides is 3. The molecule has 0 fully saturated rings. The van der Waals surface area contributed by atoms with E-state index >= 15 is 0 Å². The van der Waals surface area contributed by atoms with Crippen LogP contribution in [-0.4, -0.2) is 48.3 Å². The van der Waals surface area contributed by atoms with Gasteiger partial charge in [0, 0.05) is 31.5 Å². The van der Waals surface area contributed by atoms with Crippen molar-refractivity contribution in [2.24, 2.45) is 0 Å². The fraction of sp³-hybridized carbons (Fsp3) is 0.542. The smallest absolute Gasteiger partial charge is 0.322 e. The number of nitrogens with zero attached hydrogens (tertiary/aromatic N) is 2. The fourth-order valence-corrected chi connectivity index (χ4v) is 3.42. The molecule has 0 bridgehead atoms. The van der Waals surface area contributed by atoms with Gasteiger partial charge >= 0.3 is 6.03 Å². The number of benzene rings is 1. The van der Waals surface area contributed by atoms with Gasteiger partial charge in [0.25, 0.3) is 0 Å². The summed E-state index contributed by atoms with van der Waals surface area (Å²) < 4.78 is 10.4. The van der Waals surface area contributed by atoms with Gasteiger partial charge in [-0.05, 0) is 43.2 Å². The molecule has 0 aliphatic carbocycles. The summed E-state index contributed by atoms with van der Waals surface area (Å²) >= 11 is 0. The van der Waals surface area contributed by atoms with Crippen LogP contribution in [0.1, 0.15) is 69.8 Å². The van der Waals surface area contributed by atoms with Gasteiger partial charge in [0.15, 0.2) is 5.82 Å². The molecule has 2 N–H and O–H groups in total. The molecule has 0 saturated carbocycles. The molecule has 0 aliphatic heterocycles. The number of aromatic nitrogens is 1. The van der Waals surface area contributed by atoms with Crippen LogP contribution < -0.4 is 10.6 Å². The van der Waals surface area contributed by atoms with Gasteiger partial charge in [-0.2, -0.15) is 0 Å². The van der Waals surface area contributed by atoms with E-state index in [-0.39, 0.29) is 30.3 Å². The molecule has 8 nitrogen and oxygen atoms in total.